The smallest absolute Gasteiger partial charge is 0.319 e. The number of para-hydroxylation sites is 1. The van der Waals surface area contributed by atoms with E-state index in [1.54, 1.807) is 6.07 Å². The molecule has 4 aromatic rings. The molecule has 2 bridgehead atoms. The number of aromatic nitrogens is 4. The normalized spacial score (nSPS) is 23.6. The van der Waals surface area contributed by atoms with Crippen LogP contribution >= 0.6 is 0 Å². The Morgan fingerprint density at radius 3 is 2.48 bits per heavy atom. The van der Waals surface area contributed by atoms with Gasteiger partial charge in [-0.2, -0.15) is 9.97 Å². The van der Waals surface area contributed by atoms with Gasteiger partial charge in [-0.1, -0.05) is 26.0 Å². The number of hydrogen-bond donors (Lipinski definition) is 1. The van der Waals surface area contributed by atoms with Gasteiger partial charge in [0, 0.05) is 43.3 Å². The lowest BCUT2D eigenvalue weighted by molar-refractivity contribution is 0.108. The average Bonchev–Trinajstić information content (AvgIpc) is 3.73. The van der Waals surface area contributed by atoms with Crippen LogP contribution in [0.15, 0.2) is 24.4 Å². The molecule has 4 fully saturated rings. The second kappa shape index (κ2) is 10.1. The first kappa shape index (κ1) is 25.9. The van der Waals surface area contributed by atoms with Crippen molar-refractivity contribution in [2.45, 2.75) is 83.5 Å². The van der Waals surface area contributed by atoms with E-state index in [0.717, 1.165) is 59.3 Å². The van der Waals surface area contributed by atoms with Crippen LogP contribution in [-0.4, -0.2) is 74.8 Å². The summed E-state index contributed by atoms with van der Waals surface area (Å²) in [5.41, 5.74) is 3.13. The SMILES string of the molecule is CC.CCn1c2c(F)cccc2c2ncc3c(N4CC5CCC(C4)N5)nc(OCC45CCCN4CCC5)nc3c21. The van der Waals surface area contributed by atoms with Crippen molar-refractivity contribution in [2.75, 3.05) is 37.7 Å². The Bertz CT molecular complexity index is 1550. The number of rotatable bonds is 5. The summed E-state index contributed by atoms with van der Waals surface area (Å²) >= 11 is 0. The van der Waals surface area contributed by atoms with E-state index in [4.69, 9.17) is 19.7 Å². The summed E-state index contributed by atoms with van der Waals surface area (Å²) in [5, 5.41) is 5.45. The Balaban J connectivity index is 0.00000130. The molecular weight excluding hydrogens is 505 g/mol. The summed E-state index contributed by atoms with van der Waals surface area (Å²) < 4.78 is 23.6. The number of fused-ring (bicyclic) bond motifs is 8. The highest BCUT2D eigenvalue weighted by Gasteiger charge is 2.45. The molecule has 0 aliphatic carbocycles. The second-order valence-corrected chi connectivity index (χ2v) is 11.7. The van der Waals surface area contributed by atoms with Crippen LogP contribution in [0.1, 0.15) is 59.3 Å². The van der Waals surface area contributed by atoms with Crippen molar-refractivity contribution in [1.29, 1.82) is 0 Å². The van der Waals surface area contributed by atoms with Gasteiger partial charge in [0.15, 0.2) is 0 Å². The van der Waals surface area contributed by atoms with Gasteiger partial charge in [0.1, 0.15) is 23.8 Å². The molecule has 9 heteroatoms. The molecule has 2 atom stereocenters. The molecule has 0 saturated carbocycles. The number of nitrogens with one attached hydrogen (secondary N) is 1. The quantitative estimate of drug-likeness (QED) is 0.367. The molecule has 0 spiro atoms. The predicted octanol–water partition coefficient (Wildman–Crippen LogP) is 5.27. The first-order chi connectivity index (χ1) is 19.6. The molecule has 40 heavy (non-hydrogen) atoms. The lowest BCUT2D eigenvalue weighted by Gasteiger charge is -2.34. The van der Waals surface area contributed by atoms with Crippen molar-refractivity contribution in [2.24, 2.45) is 0 Å². The van der Waals surface area contributed by atoms with Crippen molar-refractivity contribution < 1.29 is 9.13 Å². The van der Waals surface area contributed by atoms with Crippen LogP contribution in [0, 0.1) is 5.82 Å². The number of benzene rings is 1. The van der Waals surface area contributed by atoms with Gasteiger partial charge < -0.3 is 19.5 Å². The van der Waals surface area contributed by atoms with E-state index >= 15 is 4.39 Å². The fraction of sp³-hybridized carbons (Fsp3) is 0.581. The summed E-state index contributed by atoms with van der Waals surface area (Å²) in [7, 11) is 0. The highest BCUT2D eigenvalue weighted by molar-refractivity contribution is 6.15. The van der Waals surface area contributed by atoms with Gasteiger partial charge in [-0.25, -0.2) is 4.39 Å². The van der Waals surface area contributed by atoms with Crippen molar-refractivity contribution in [3.63, 3.8) is 0 Å². The summed E-state index contributed by atoms with van der Waals surface area (Å²) in [6, 6.07) is 6.60. The van der Waals surface area contributed by atoms with Gasteiger partial charge in [-0.05, 0) is 64.6 Å². The zero-order chi connectivity index (χ0) is 27.4. The highest BCUT2D eigenvalue weighted by atomic mass is 19.1. The molecule has 212 valence electrons. The first-order valence-electron chi connectivity index (χ1n) is 15.3. The van der Waals surface area contributed by atoms with E-state index in [2.05, 4.69) is 15.1 Å². The van der Waals surface area contributed by atoms with Crippen molar-refractivity contribution in [3.8, 4) is 6.01 Å². The maximum absolute atomic E-state index is 15.1. The summed E-state index contributed by atoms with van der Waals surface area (Å²) in [6.07, 6.45) is 9.07. The van der Waals surface area contributed by atoms with Crippen molar-refractivity contribution in [3.05, 3.63) is 30.2 Å². The second-order valence-electron chi connectivity index (χ2n) is 11.7. The number of ether oxygens (including phenoxy) is 1. The molecule has 8 nitrogen and oxygen atoms in total. The van der Waals surface area contributed by atoms with Gasteiger partial charge in [0.05, 0.1) is 27.5 Å². The fourth-order valence-electron chi connectivity index (χ4n) is 7.84. The van der Waals surface area contributed by atoms with Crippen molar-refractivity contribution >= 4 is 38.7 Å². The molecule has 2 unspecified atom stereocenters. The van der Waals surface area contributed by atoms with Gasteiger partial charge in [0.25, 0.3) is 0 Å². The largest absolute Gasteiger partial charge is 0.461 e. The highest BCUT2D eigenvalue weighted by Crippen LogP contribution is 2.40. The monoisotopic (exact) mass is 545 g/mol. The molecule has 8 rings (SSSR count). The third-order valence-corrected chi connectivity index (χ3v) is 9.57. The van der Waals surface area contributed by atoms with Gasteiger partial charge in [-0.15, -0.1) is 0 Å². The molecule has 4 aliphatic heterocycles. The summed E-state index contributed by atoms with van der Waals surface area (Å²) in [4.78, 5) is 20.0. The minimum atomic E-state index is -0.235. The number of pyridine rings is 1. The Morgan fingerprint density at radius 1 is 1.00 bits per heavy atom. The summed E-state index contributed by atoms with van der Waals surface area (Å²) in [6.45, 7) is 11.4. The van der Waals surface area contributed by atoms with Crippen LogP contribution in [0.5, 0.6) is 6.01 Å². The standard InChI is InChI=1S/C29H34FN7O.C2H6/c1-2-37-25-20(6-3-7-22(25)30)23-26(37)24-21(14-31-23)27(35-15-18-8-9-19(16-35)32-18)34-28(33-24)38-17-29-10-4-12-36(29)13-5-11-29;1-2/h3,6-7,14,18-19,32H,2,4-5,8-13,15-17H2,1H3;1-2H3. The van der Waals surface area contributed by atoms with Gasteiger partial charge in [0.2, 0.25) is 0 Å². The third kappa shape index (κ3) is 3.96. The lowest BCUT2D eigenvalue weighted by atomic mass is 9.95. The molecular formula is C31H40FN7O. The van der Waals surface area contributed by atoms with E-state index in [-0.39, 0.29) is 11.4 Å². The minimum Gasteiger partial charge on any atom is -0.461 e. The van der Waals surface area contributed by atoms with Gasteiger partial charge in [-0.3, -0.25) is 9.88 Å². The Hall–Kier alpha value is -3.04. The van der Waals surface area contributed by atoms with Crippen LogP contribution < -0.4 is 15.0 Å². The van der Waals surface area contributed by atoms with Crippen LogP contribution in [-0.2, 0) is 6.54 Å². The molecule has 1 N–H and O–H groups in total. The molecule has 1 aromatic carbocycles. The van der Waals surface area contributed by atoms with E-state index in [0.29, 0.717) is 36.8 Å². The molecule has 0 amide bonds. The number of halogens is 1. The topological polar surface area (TPSA) is 71.3 Å². The van der Waals surface area contributed by atoms with Crippen LogP contribution in [0.3, 0.4) is 0 Å². The van der Waals surface area contributed by atoms with E-state index < -0.39 is 0 Å². The molecule has 0 radical (unpaired) electrons. The number of aryl methyl sites for hydroxylation is 1. The maximum Gasteiger partial charge on any atom is 0.319 e. The van der Waals surface area contributed by atoms with Gasteiger partial charge >= 0.3 is 6.01 Å². The molecule has 7 heterocycles. The minimum absolute atomic E-state index is 0.113. The molecule has 4 saturated heterocycles. The Morgan fingerprint density at radius 2 is 1.75 bits per heavy atom. The number of hydrogen-bond acceptors (Lipinski definition) is 7. The Labute approximate surface area is 234 Å². The third-order valence-electron chi connectivity index (χ3n) is 9.57. The molecule has 4 aliphatic rings. The first-order valence-corrected chi connectivity index (χ1v) is 15.3. The van der Waals surface area contributed by atoms with E-state index in [1.165, 1.54) is 44.6 Å². The maximum atomic E-state index is 15.1. The zero-order valence-electron chi connectivity index (χ0n) is 23.9. The summed E-state index contributed by atoms with van der Waals surface area (Å²) in [5.74, 6) is 0.653. The average molecular weight is 546 g/mol. The number of anilines is 1. The van der Waals surface area contributed by atoms with E-state index in [1.807, 2.05) is 37.6 Å². The molecule has 3 aromatic heterocycles. The van der Waals surface area contributed by atoms with Crippen LogP contribution in [0.25, 0.3) is 32.8 Å². The lowest BCUT2D eigenvalue weighted by Crippen LogP contribution is -2.51. The zero-order valence-corrected chi connectivity index (χ0v) is 23.9. The number of nitrogens with zero attached hydrogens (tertiary/aromatic N) is 6. The number of piperazine rings is 1. The Kier molecular flexibility index (Phi) is 6.54. The fourth-order valence-corrected chi connectivity index (χ4v) is 7.84. The van der Waals surface area contributed by atoms with E-state index in [9.17, 15) is 0 Å². The van der Waals surface area contributed by atoms with Crippen LogP contribution in [0.2, 0.25) is 0 Å². The van der Waals surface area contributed by atoms with Crippen LogP contribution in [0.4, 0.5) is 10.2 Å². The predicted molar refractivity (Wildman–Crippen MR) is 158 cm³/mol. The van der Waals surface area contributed by atoms with Crippen molar-refractivity contribution in [1.82, 2.24) is 29.7 Å².